The molecule has 1 aromatic carbocycles. The Morgan fingerprint density at radius 1 is 1.26 bits per heavy atom. The van der Waals surface area contributed by atoms with Crippen LogP contribution in [0.5, 0.6) is 0 Å². The van der Waals surface area contributed by atoms with Crippen molar-refractivity contribution in [3.05, 3.63) is 34.3 Å². The molecular weight excluding hydrogens is 312 g/mol. The van der Waals surface area contributed by atoms with Crippen LogP contribution >= 0.6 is 15.9 Å². The SMILES string of the molecule is CC(NCC(=O)NC(C)c1ccc(Br)cc1)C(=O)O. The van der Waals surface area contributed by atoms with Gasteiger partial charge in [-0.3, -0.25) is 14.9 Å². The second-order valence-corrected chi connectivity index (χ2v) is 5.20. The van der Waals surface area contributed by atoms with Crippen LogP contribution in [-0.2, 0) is 9.59 Å². The fourth-order valence-corrected chi connectivity index (χ4v) is 1.72. The smallest absolute Gasteiger partial charge is 0.320 e. The van der Waals surface area contributed by atoms with Crippen LogP contribution in [0.3, 0.4) is 0 Å². The van der Waals surface area contributed by atoms with Gasteiger partial charge in [0.05, 0.1) is 12.6 Å². The molecule has 0 radical (unpaired) electrons. The molecule has 1 aromatic rings. The van der Waals surface area contributed by atoms with E-state index in [0.717, 1.165) is 10.0 Å². The van der Waals surface area contributed by atoms with Crippen LogP contribution in [0, 0.1) is 0 Å². The summed E-state index contributed by atoms with van der Waals surface area (Å²) in [5, 5.41) is 14.1. The highest BCUT2D eigenvalue weighted by molar-refractivity contribution is 9.10. The van der Waals surface area contributed by atoms with Crippen molar-refractivity contribution in [3.63, 3.8) is 0 Å². The molecule has 3 N–H and O–H groups in total. The minimum Gasteiger partial charge on any atom is -0.480 e. The minimum absolute atomic E-state index is 0.0195. The van der Waals surface area contributed by atoms with Gasteiger partial charge in [0.25, 0.3) is 0 Å². The first-order chi connectivity index (χ1) is 8.90. The van der Waals surface area contributed by atoms with Crippen LogP contribution < -0.4 is 10.6 Å². The van der Waals surface area contributed by atoms with Crippen LogP contribution in [0.4, 0.5) is 0 Å². The quantitative estimate of drug-likeness (QED) is 0.742. The van der Waals surface area contributed by atoms with Gasteiger partial charge in [-0.05, 0) is 31.5 Å². The molecule has 104 valence electrons. The first-order valence-electron chi connectivity index (χ1n) is 5.91. The van der Waals surface area contributed by atoms with Crippen LogP contribution in [0.25, 0.3) is 0 Å². The number of carbonyl (C=O) groups excluding carboxylic acids is 1. The van der Waals surface area contributed by atoms with Gasteiger partial charge in [0.1, 0.15) is 6.04 Å². The van der Waals surface area contributed by atoms with Crippen molar-refractivity contribution in [1.29, 1.82) is 0 Å². The largest absolute Gasteiger partial charge is 0.480 e. The number of benzene rings is 1. The Morgan fingerprint density at radius 3 is 2.37 bits per heavy atom. The maximum absolute atomic E-state index is 11.6. The molecule has 19 heavy (non-hydrogen) atoms. The van der Waals surface area contributed by atoms with Gasteiger partial charge in [-0.1, -0.05) is 28.1 Å². The Labute approximate surface area is 120 Å². The van der Waals surface area contributed by atoms with Gasteiger partial charge in [-0.25, -0.2) is 0 Å². The number of carbonyl (C=O) groups is 2. The second kappa shape index (κ2) is 7.25. The molecule has 0 saturated carbocycles. The molecule has 0 aliphatic rings. The first kappa shape index (κ1) is 15.7. The molecule has 2 unspecified atom stereocenters. The minimum atomic E-state index is -0.978. The molecule has 6 heteroatoms. The molecule has 0 bridgehead atoms. The molecule has 0 spiro atoms. The fraction of sp³-hybridized carbons (Fsp3) is 0.385. The molecule has 0 saturated heterocycles. The number of aliphatic carboxylic acids is 1. The van der Waals surface area contributed by atoms with Crippen molar-refractivity contribution in [2.75, 3.05) is 6.54 Å². The van der Waals surface area contributed by atoms with E-state index >= 15 is 0 Å². The average molecular weight is 329 g/mol. The third-order valence-electron chi connectivity index (χ3n) is 2.69. The number of rotatable bonds is 6. The van der Waals surface area contributed by atoms with Crippen molar-refractivity contribution in [2.45, 2.75) is 25.9 Å². The van der Waals surface area contributed by atoms with E-state index in [9.17, 15) is 9.59 Å². The number of carboxylic acids is 1. The van der Waals surface area contributed by atoms with Crippen molar-refractivity contribution in [2.24, 2.45) is 0 Å². The summed E-state index contributed by atoms with van der Waals surface area (Å²) >= 11 is 3.35. The third kappa shape index (κ3) is 5.40. The number of amides is 1. The summed E-state index contributed by atoms with van der Waals surface area (Å²) in [6, 6.07) is 6.78. The van der Waals surface area contributed by atoms with Crippen LogP contribution in [0.15, 0.2) is 28.7 Å². The van der Waals surface area contributed by atoms with E-state index in [-0.39, 0.29) is 18.5 Å². The molecule has 0 aromatic heterocycles. The Bertz CT molecular complexity index is 448. The van der Waals surface area contributed by atoms with E-state index < -0.39 is 12.0 Å². The summed E-state index contributed by atoms with van der Waals surface area (Å²) in [5.41, 5.74) is 0.989. The lowest BCUT2D eigenvalue weighted by atomic mass is 10.1. The highest BCUT2D eigenvalue weighted by atomic mass is 79.9. The van der Waals surface area contributed by atoms with Crippen molar-refractivity contribution in [3.8, 4) is 0 Å². The van der Waals surface area contributed by atoms with E-state index in [4.69, 9.17) is 5.11 Å². The van der Waals surface area contributed by atoms with E-state index in [1.54, 1.807) is 0 Å². The molecule has 5 nitrogen and oxygen atoms in total. The highest BCUT2D eigenvalue weighted by Crippen LogP contribution is 2.16. The molecule has 1 amide bonds. The normalized spacial score (nSPS) is 13.6. The Kier molecular flexibility index (Phi) is 5.98. The molecule has 0 aliphatic heterocycles. The summed E-state index contributed by atoms with van der Waals surface area (Å²) in [6.45, 7) is 3.35. The van der Waals surface area contributed by atoms with E-state index in [0.29, 0.717) is 0 Å². The van der Waals surface area contributed by atoms with E-state index in [1.165, 1.54) is 6.92 Å². The zero-order valence-electron chi connectivity index (χ0n) is 10.8. The van der Waals surface area contributed by atoms with Gasteiger partial charge in [-0.2, -0.15) is 0 Å². The van der Waals surface area contributed by atoms with Crippen LogP contribution in [-0.4, -0.2) is 29.6 Å². The number of hydrogen-bond acceptors (Lipinski definition) is 3. The second-order valence-electron chi connectivity index (χ2n) is 4.28. The van der Waals surface area contributed by atoms with E-state index in [1.807, 2.05) is 31.2 Å². The fourth-order valence-electron chi connectivity index (χ4n) is 1.46. The lowest BCUT2D eigenvalue weighted by molar-refractivity contribution is -0.139. The zero-order chi connectivity index (χ0) is 14.4. The maximum atomic E-state index is 11.6. The summed E-state index contributed by atoms with van der Waals surface area (Å²) in [5.74, 6) is -1.21. The molecular formula is C13H17BrN2O3. The van der Waals surface area contributed by atoms with Crippen molar-refractivity contribution >= 4 is 27.8 Å². The summed E-state index contributed by atoms with van der Waals surface area (Å²) < 4.78 is 0.978. The summed E-state index contributed by atoms with van der Waals surface area (Å²) in [4.78, 5) is 22.2. The zero-order valence-corrected chi connectivity index (χ0v) is 12.4. The van der Waals surface area contributed by atoms with Crippen molar-refractivity contribution < 1.29 is 14.7 Å². The highest BCUT2D eigenvalue weighted by Gasteiger charge is 2.13. The van der Waals surface area contributed by atoms with Gasteiger partial charge in [0, 0.05) is 4.47 Å². The standard InChI is InChI=1S/C13H17BrN2O3/c1-8(10-3-5-11(14)6-4-10)16-12(17)7-15-9(2)13(18)19/h3-6,8-9,15H,7H2,1-2H3,(H,16,17)(H,18,19). The molecule has 0 aliphatic carbocycles. The number of halogens is 1. The Morgan fingerprint density at radius 2 is 1.84 bits per heavy atom. The molecule has 0 fully saturated rings. The predicted molar refractivity (Wildman–Crippen MR) is 75.8 cm³/mol. The van der Waals surface area contributed by atoms with Crippen LogP contribution in [0.1, 0.15) is 25.5 Å². The molecule has 2 atom stereocenters. The topological polar surface area (TPSA) is 78.4 Å². The Hall–Kier alpha value is -1.40. The van der Waals surface area contributed by atoms with Crippen LogP contribution in [0.2, 0.25) is 0 Å². The molecule has 0 heterocycles. The first-order valence-corrected chi connectivity index (χ1v) is 6.70. The monoisotopic (exact) mass is 328 g/mol. The third-order valence-corrected chi connectivity index (χ3v) is 3.22. The van der Waals surface area contributed by atoms with Gasteiger partial charge in [0.15, 0.2) is 0 Å². The van der Waals surface area contributed by atoms with Gasteiger partial charge in [-0.15, -0.1) is 0 Å². The lowest BCUT2D eigenvalue weighted by Crippen LogP contribution is -2.42. The van der Waals surface area contributed by atoms with E-state index in [2.05, 4.69) is 26.6 Å². The predicted octanol–water partition coefficient (Wildman–Crippen LogP) is 1.69. The van der Waals surface area contributed by atoms with Gasteiger partial charge >= 0.3 is 5.97 Å². The number of carboxylic acid groups (broad SMARTS) is 1. The number of hydrogen-bond donors (Lipinski definition) is 3. The molecule has 1 rings (SSSR count). The van der Waals surface area contributed by atoms with Gasteiger partial charge in [0.2, 0.25) is 5.91 Å². The summed E-state index contributed by atoms with van der Waals surface area (Å²) in [7, 11) is 0. The maximum Gasteiger partial charge on any atom is 0.320 e. The lowest BCUT2D eigenvalue weighted by Gasteiger charge is -2.15. The van der Waals surface area contributed by atoms with Crippen molar-refractivity contribution in [1.82, 2.24) is 10.6 Å². The average Bonchev–Trinajstić information content (AvgIpc) is 2.36. The van der Waals surface area contributed by atoms with Gasteiger partial charge < -0.3 is 10.4 Å². The number of nitrogens with one attached hydrogen (secondary N) is 2. The summed E-state index contributed by atoms with van der Waals surface area (Å²) in [6.07, 6.45) is 0. The Balaban J connectivity index is 2.44.